The fraction of sp³-hybridized carbons (Fsp3) is 0.417. The van der Waals surface area contributed by atoms with Gasteiger partial charge in [-0.05, 0) is 36.8 Å². The summed E-state index contributed by atoms with van der Waals surface area (Å²) in [6, 6.07) is 16.7. The second-order valence-corrected chi connectivity index (χ2v) is 14.7. The number of nitrogens with zero attached hydrogens (tertiary/aromatic N) is 1. The molecule has 47 heavy (non-hydrogen) atoms. The number of benzene rings is 2. The molecule has 3 aromatic rings. The standard InChI is InChI=1S/C36H43N3O6S2/c1-7-45-34(43)27(37-23(3)40)19-47-35(44)28(38-24(4)41)20-46-31(42)17-29-32(26-15-13-22(2)14-16-26)33(25-11-9-8-10-12-25)30-18-36(5,6)21-39(29)30/h8-16,27-28H,7,17-21H2,1-6H3,(H,37,40)(H,38,41). The predicted molar refractivity (Wildman–Crippen MR) is 188 cm³/mol. The average Bonchev–Trinajstić information content (AvgIpc) is 3.47. The number of aryl methyl sites for hydroxylation is 1. The molecule has 2 unspecified atom stereocenters. The summed E-state index contributed by atoms with van der Waals surface area (Å²) in [4.78, 5) is 62.9. The molecule has 0 saturated heterocycles. The minimum absolute atomic E-state index is 0.0222. The van der Waals surface area contributed by atoms with E-state index in [1.807, 2.05) is 25.1 Å². The number of amides is 2. The van der Waals surface area contributed by atoms with Crippen LogP contribution in [0, 0.1) is 12.3 Å². The monoisotopic (exact) mass is 677 g/mol. The normalized spacial score (nSPS) is 14.5. The number of carbonyl (C=O) groups is 5. The molecule has 11 heteroatoms. The third-order valence-corrected chi connectivity index (χ3v) is 9.87. The molecule has 0 radical (unpaired) electrons. The summed E-state index contributed by atoms with van der Waals surface area (Å²) < 4.78 is 7.33. The number of esters is 1. The van der Waals surface area contributed by atoms with Crippen LogP contribution in [-0.2, 0) is 48.1 Å². The van der Waals surface area contributed by atoms with E-state index >= 15 is 0 Å². The molecule has 2 aromatic carbocycles. The third-order valence-electron chi connectivity index (χ3n) is 7.84. The zero-order chi connectivity index (χ0) is 34.3. The lowest BCUT2D eigenvalue weighted by Gasteiger charge is -2.20. The zero-order valence-corrected chi connectivity index (χ0v) is 29.4. The van der Waals surface area contributed by atoms with Crippen molar-refractivity contribution >= 4 is 51.5 Å². The highest BCUT2D eigenvalue weighted by Gasteiger charge is 2.36. The van der Waals surface area contributed by atoms with E-state index in [2.05, 4.69) is 65.4 Å². The van der Waals surface area contributed by atoms with E-state index in [1.54, 1.807) is 6.92 Å². The summed E-state index contributed by atoms with van der Waals surface area (Å²) in [7, 11) is 0. The number of nitrogens with one attached hydrogen (secondary N) is 2. The van der Waals surface area contributed by atoms with Crippen molar-refractivity contribution in [1.82, 2.24) is 15.2 Å². The number of fused-ring (bicyclic) bond motifs is 1. The van der Waals surface area contributed by atoms with Crippen LogP contribution in [-0.4, -0.2) is 62.8 Å². The van der Waals surface area contributed by atoms with Crippen LogP contribution in [0.1, 0.15) is 51.6 Å². The molecule has 0 spiro atoms. The van der Waals surface area contributed by atoms with E-state index < -0.39 is 35.0 Å². The van der Waals surface area contributed by atoms with Crippen LogP contribution >= 0.6 is 23.5 Å². The molecule has 0 bridgehead atoms. The lowest BCUT2D eigenvalue weighted by atomic mass is 9.86. The number of thioether (sulfide) groups is 2. The second-order valence-electron chi connectivity index (χ2n) is 12.6. The van der Waals surface area contributed by atoms with Crippen molar-refractivity contribution in [2.24, 2.45) is 5.41 Å². The van der Waals surface area contributed by atoms with Gasteiger partial charge in [0.05, 0.1) is 13.0 Å². The molecular weight excluding hydrogens is 635 g/mol. The van der Waals surface area contributed by atoms with Crippen LogP contribution in [0.4, 0.5) is 0 Å². The summed E-state index contributed by atoms with van der Waals surface area (Å²) in [5.74, 6) is -1.54. The Bertz CT molecular complexity index is 1630. The Kier molecular flexibility index (Phi) is 12.1. The molecular formula is C36H43N3O6S2. The fourth-order valence-corrected chi connectivity index (χ4v) is 7.69. The summed E-state index contributed by atoms with van der Waals surface area (Å²) in [6.07, 6.45) is 1.02. The van der Waals surface area contributed by atoms with Gasteiger partial charge in [-0.25, -0.2) is 4.79 Å². The van der Waals surface area contributed by atoms with Crippen molar-refractivity contribution in [3.63, 3.8) is 0 Å². The van der Waals surface area contributed by atoms with Crippen molar-refractivity contribution in [3.8, 4) is 22.3 Å². The predicted octanol–water partition coefficient (Wildman–Crippen LogP) is 5.35. The van der Waals surface area contributed by atoms with E-state index in [4.69, 9.17) is 4.74 Å². The molecule has 2 atom stereocenters. The Hall–Kier alpha value is -3.83. The average molecular weight is 678 g/mol. The number of hydrogen-bond donors (Lipinski definition) is 2. The van der Waals surface area contributed by atoms with E-state index in [-0.39, 0.29) is 35.1 Å². The molecule has 2 amide bonds. The topological polar surface area (TPSA) is 124 Å². The van der Waals surface area contributed by atoms with Crippen LogP contribution in [0.25, 0.3) is 22.3 Å². The van der Waals surface area contributed by atoms with E-state index in [0.29, 0.717) is 0 Å². The van der Waals surface area contributed by atoms with Gasteiger partial charge >= 0.3 is 5.97 Å². The maximum absolute atomic E-state index is 13.7. The van der Waals surface area contributed by atoms with Crippen molar-refractivity contribution < 1.29 is 28.7 Å². The summed E-state index contributed by atoms with van der Waals surface area (Å²) in [5, 5.41) is 4.61. The van der Waals surface area contributed by atoms with Crippen LogP contribution in [0.5, 0.6) is 0 Å². The first-order valence-corrected chi connectivity index (χ1v) is 17.7. The first kappa shape index (κ1) is 36.0. The van der Waals surface area contributed by atoms with Gasteiger partial charge in [0.2, 0.25) is 16.9 Å². The van der Waals surface area contributed by atoms with Crippen molar-refractivity contribution in [1.29, 1.82) is 0 Å². The zero-order valence-electron chi connectivity index (χ0n) is 27.8. The molecule has 0 fully saturated rings. The van der Waals surface area contributed by atoms with Crippen LogP contribution < -0.4 is 10.6 Å². The third kappa shape index (κ3) is 9.38. The van der Waals surface area contributed by atoms with Crippen LogP contribution in [0.3, 0.4) is 0 Å². The smallest absolute Gasteiger partial charge is 0.329 e. The quantitative estimate of drug-likeness (QED) is 0.232. The molecule has 4 rings (SSSR count). The van der Waals surface area contributed by atoms with Crippen molar-refractivity contribution in [3.05, 3.63) is 71.5 Å². The Morgan fingerprint density at radius 1 is 0.851 bits per heavy atom. The van der Waals surface area contributed by atoms with Gasteiger partial charge in [-0.3, -0.25) is 19.2 Å². The SMILES string of the molecule is CCOC(=O)C(CSC(=O)C(CSC(=O)Cc1c(-c2ccc(C)cc2)c(-c2ccccc2)c2n1CC(C)(C)C2)NC(C)=O)NC(C)=O. The highest BCUT2D eigenvalue weighted by Crippen LogP contribution is 2.47. The minimum Gasteiger partial charge on any atom is -0.464 e. The molecule has 0 saturated carbocycles. The highest BCUT2D eigenvalue weighted by molar-refractivity contribution is 8.15. The highest BCUT2D eigenvalue weighted by atomic mass is 32.2. The minimum atomic E-state index is -1.02. The molecule has 1 aliphatic heterocycles. The van der Waals surface area contributed by atoms with Crippen molar-refractivity contribution in [2.75, 3.05) is 18.1 Å². The van der Waals surface area contributed by atoms with Gasteiger partial charge in [0.25, 0.3) is 0 Å². The van der Waals surface area contributed by atoms with Gasteiger partial charge in [-0.2, -0.15) is 0 Å². The van der Waals surface area contributed by atoms with Gasteiger partial charge in [-0.15, -0.1) is 0 Å². The molecule has 1 aliphatic rings. The molecule has 250 valence electrons. The van der Waals surface area contributed by atoms with Gasteiger partial charge in [0.15, 0.2) is 5.12 Å². The Morgan fingerprint density at radius 3 is 2.06 bits per heavy atom. The molecule has 2 N–H and O–H groups in total. The maximum atomic E-state index is 13.7. The van der Waals surface area contributed by atoms with Crippen LogP contribution in [0.2, 0.25) is 0 Å². The lowest BCUT2D eigenvalue weighted by molar-refractivity contribution is -0.146. The van der Waals surface area contributed by atoms with E-state index in [9.17, 15) is 24.0 Å². The number of rotatable bonds is 13. The number of aromatic nitrogens is 1. The van der Waals surface area contributed by atoms with E-state index in [1.165, 1.54) is 19.5 Å². The summed E-state index contributed by atoms with van der Waals surface area (Å²) in [5.41, 5.74) is 7.65. The summed E-state index contributed by atoms with van der Waals surface area (Å²) >= 11 is 1.81. The molecule has 2 heterocycles. The Balaban J connectivity index is 1.59. The Labute approximate surface area is 285 Å². The van der Waals surface area contributed by atoms with Gasteiger partial charge in [-0.1, -0.05) is 97.5 Å². The largest absolute Gasteiger partial charge is 0.464 e. The molecule has 0 aliphatic carbocycles. The number of ether oxygens (including phenoxy) is 1. The van der Waals surface area contributed by atoms with Gasteiger partial charge in [0.1, 0.15) is 12.1 Å². The number of carbonyl (C=O) groups excluding carboxylic acids is 5. The number of hydrogen-bond acceptors (Lipinski definition) is 8. The van der Waals surface area contributed by atoms with Crippen molar-refractivity contribution in [2.45, 2.75) is 73.0 Å². The molecule has 1 aromatic heterocycles. The maximum Gasteiger partial charge on any atom is 0.329 e. The van der Waals surface area contributed by atoms with E-state index in [0.717, 1.165) is 70.0 Å². The van der Waals surface area contributed by atoms with Gasteiger partial charge < -0.3 is 19.9 Å². The first-order valence-electron chi connectivity index (χ1n) is 15.7. The van der Waals surface area contributed by atoms with Gasteiger partial charge in [0, 0.05) is 54.4 Å². The summed E-state index contributed by atoms with van der Waals surface area (Å²) in [6.45, 7) is 11.7. The second kappa shape index (κ2) is 15.8. The Morgan fingerprint density at radius 2 is 1.45 bits per heavy atom. The first-order chi connectivity index (χ1) is 22.3. The molecule has 9 nitrogen and oxygen atoms in total. The van der Waals surface area contributed by atoms with Crippen LogP contribution in [0.15, 0.2) is 54.6 Å². The fourth-order valence-electron chi connectivity index (χ4n) is 5.87. The lowest BCUT2D eigenvalue weighted by Crippen LogP contribution is -2.44.